The number of benzene rings is 2. The number of ether oxygens (including phenoxy) is 1. The maximum Gasteiger partial charge on any atom is 0.140 e. The standard InChI is InChI=1S/C15H15ClINO/c1-10(18)15(13-4-2-3-5-14(13)16)19-12-8-6-11(17)7-9-12/h2-10,15H,18H2,1H3. The molecule has 19 heavy (non-hydrogen) atoms. The predicted molar refractivity (Wildman–Crippen MR) is 87.6 cm³/mol. The smallest absolute Gasteiger partial charge is 0.140 e. The molecule has 0 aliphatic rings. The molecule has 0 aliphatic heterocycles. The fourth-order valence-corrected chi connectivity index (χ4v) is 2.42. The van der Waals surface area contributed by atoms with Gasteiger partial charge in [0.25, 0.3) is 0 Å². The molecular weight excluding hydrogens is 373 g/mol. The van der Waals surface area contributed by atoms with Crippen LogP contribution in [0.4, 0.5) is 0 Å². The second-order valence-corrected chi connectivity index (χ2v) is 6.03. The van der Waals surface area contributed by atoms with Crippen LogP contribution in [0.15, 0.2) is 48.5 Å². The Kier molecular flexibility index (Phi) is 5.07. The molecule has 0 spiro atoms. The first-order valence-corrected chi connectivity index (χ1v) is 7.46. The minimum absolute atomic E-state index is 0.154. The van der Waals surface area contributed by atoms with Gasteiger partial charge in [0.15, 0.2) is 0 Å². The molecule has 0 heterocycles. The molecule has 100 valence electrons. The van der Waals surface area contributed by atoms with Crippen LogP contribution in [0.2, 0.25) is 5.02 Å². The zero-order chi connectivity index (χ0) is 13.8. The van der Waals surface area contributed by atoms with E-state index >= 15 is 0 Å². The maximum atomic E-state index is 6.22. The van der Waals surface area contributed by atoms with Gasteiger partial charge in [-0.15, -0.1) is 0 Å². The first-order chi connectivity index (χ1) is 9.08. The van der Waals surface area contributed by atoms with E-state index in [1.54, 1.807) is 0 Å². The predicted octanol–water partition coefficient (Wildman–Crippen LogP) is 4.41. The molecule has 0 saturated carbocycles. The van der Waals surface area contributed by atoms with Crippen LogP contribution in [0.3, 0.4) is 0 Å². The molecule has 2 atom stereocenters. The van der Waals surface area contributed by atoms with E-state index in [1.165, 1.54) is 3.57 Å². The van der Waals surface area contributed by atoms with Gasteiger partial charge in [-0.2, -0.15) is 0 Å². The normalized spacial score (nSPS) is 13.9. The second kappa shape index (κ2) is 6.59. The van der Waals surface area contributed by atoms with Gasteiger partial charge in [0.2, 0.25) is 0 Å². The maximum absolute atomic E-state index is 6.22. The molecule has 2 N–H and O–H groups in total. The third-order valence-electron chi connectivity index (χ3n) is 2.77. The summed E-state index contributed by atoms with van der Waals surface area (Å²) in [7, 11) is 0. The highest BCUT2D eigenvalue weighted by molar-refractivity contribution is 14.1. The van der Waals surface area contributed by atoms with Crippen LogP contribution in [-0.4, -0.2) is 6.04 Å². The average Bonchev–Trinajstić information content (AvgIpc) is 2.39. The quantitative estimate of drug-likeness (QED) is 0.789. The summed E-state index contributed by atoms with van der Waals surface area (Å²) in [5.41, 5.74) is 6.94. The van der Waals surface area contributed by atoms with Crippen LogP contribution in [0.25, 0.3) is 0 Å². The monoisotopic (exact) mass is 387 g/mol. The number of rotatable bonds is 4. The lowest BCUT2D eigenvalue weighted by Gasteiger charge is -2.23. The van der Waals surface area contributed by atoms with Gasteiger partial charge in [-0.25, -0.2) is 0 Å². The molecule has 0 aliphatic carbocycles. The van der Waals surface area contributed by atoms with Gasteiger partial charge in [-0.05, 0) is 59.8 Å². The Bertz CT molecular complexity index is 542. The molecule has 0 bridgehead atoms. The van der Waals surface area contributed by atoms with E-state index in [9.17, 15) is 0 Å². The van der Waals surface area contributed by atoms with Crippen LogP contribution in [0.1, 0.15) is 18.6 Å². The van der Waals surface area contributed by atoms with Crippen molar-refractivity contribution in [2.45, 2.75) is 19.1 Å². The van der Waals surface area contributed by atoms with E-state index in [0.717, 1.165) is 11.3 Å². The Morgan fingerprint density at radius 2 is 1.74 bits per heavy atom. The summed E-state index contributed by atoms with van der Waals surface area (Å²) in [6.07, 6.45) is -0.256. The Hall–Kier alpha value is -0.780. The topological polar surface area (TPSA) is 35.2 Å². The SMILES string of the molecule is CC(N)C(Oc1ccc(I)cc1)c1ccccc1Cl. The summed E-state index contributed by atoms with van der Waals surface area (Å²) in [6, 6.07) is 15.4. The summed E-state index contributed by atoms with van der Waals surface area (Å²) < 4.78 is 7.15. The lowest BCUT2D eigenvalue weighted by molar-refractivity contribution is 0.180. The van der Waals surface area contributed by atoms with Gasteiger partial charge in [-0.1, -0.05) is 29.8 Å². The number of nitrogens with two attached hydrogens (primary N) is 1. The van der Waals surface area contributed by atoms with Crippen molar-refractivity contribution in [3.8, 4) is 5.75 Å². The van der Waals surface area contributed by atoms with E-state index in [-0.39, 0.29) is 12.1 Å². The molecule has 0 radical (unpaired) electrons. The first kappa shape index (κ1) is 14.6. The molecule has 0 aromatic heterocycles. The van der Waals surface area contributed by atoms with Crippen molar-refractivity contribution in [3.63, 3.8) is 0 Å². The second-order valence-electron chi connectivity index (χ2n) is 4.37. The molecule has 0 saturated heterocycles. The summed E-state index contributed by atoms with van der Waals surface area (Å²) >= 11 is 8.48. The third-order valence-corrected chi connectivity index (χ3v) is 3.83. The zero-order valence-corrected chi connectivity index (χ0v) is 13.4. The largest absolute Gasteiger partial charge is 0.484 e. The van der Waals surface area contributed by atoms with Crippen molar-refractivity contribution < 1.29 is 4.74 Å². The van der Waals surface area contributed by atoms with Crippen molar-refractivity contribution in [1.82, 2.24) is 0 Å². The van der Waals surface area contributed by atoms with Gasteiger partial charge in [0, 0.05) is 20.2 Å². The minimum Gasteiger partial charge on any atom is -0.484 e. The minimum atomic E-state index is -0.256. The van der Waals surface area contributed by atoms with Crippen LogP contribution in [0, 0.1) is 3.57 Å². The molecule has 2 aromatic rings. The molecule has 2 nitrogen and oxygen atoms in total. The molecule has 4 heteroatoms. The number of halogens is 2. The molecular formula is C15H15ClINO. The van der Waals surface area contributed by atoms with E-state index in [0.29, 0.717) is 5.02 Å². The summed E-state index contributed by atoms with van der Waals surface area (Å²) in [5, 5.41) is 0.676. The highest BCUT2D eigenvalue weighted by Crippen LogP contribution is 2.29. The first-order valence-electron chi connectivity index (χ1n) is 6.00. The van der Waals surface area contributed by atoms with E-state index < -0.39 is 0 Å². The van der Waals surface area contributed by atoms with Crippen LogP contribution in [0.5, 0.6) is 5.75 Å². The average molecular weight is 388 g/mol. The van der Waals surface area contributed by atoms with E-state index in [1.807, 2.05) is 55.5 Å². The van der Waals surface area contributed by atoms with Gasteiger partial charge >= 0.3 is 0 Å². The molecule has 0 amide bonds. The molecule has 2 aromatic carbocycles. The zero-order valence-electron chi connectivity index (χ0n) is 10.5. The lowest BCUT2D eigenvalue weighted by atomic mass is 10.0. The van der Waals surface area contributed by atoms with Crippen LogP contribution < -0.4 is 10.5 Å². The lowest BCUT2D eigenvalue weighted by Crippen LogP contribution is -2.29. The number of hydrogen-bond acceptors (Lipinski definition) is 2. The van der Waals surface area contributed by atoms with Gasteiger partial charge in [-0.3, -0.25) is 0 Å². The Labute approximate surface area is 132 Å². The van der Waals surface area contributed by atoms with Gasteiger partial charge < -0.3 is 10.5 Å². The van der Waals surface area contributed by atoms with Crippen molar-refractivity contribution in [3.05, 3.63) is 62.7 Å². The number of hydrogen-bond donors (Lipinski definition) is 1. The Morgan fingerprint density at radius 1 is 1.11 bits per heavy atom. The van der Waals surface area contributed by atoms with Crippen molar-refractivity contribution in [1.29, 1.82) is 0 Å². The fourth-order valence-electron chi connectivity index (χ4n) is 1.82. The van der Waals surface area contributed by atoms with E-state index in [4.69, 9.17) is 22.1 Å². The fraction of sp³-hybridized carbons (Fsp3) is 0.200. The van der Waals surface area contributed by atoms with Crippen molar-refractivity contribution >= 4 is 34.2 Å². The van der Waals surface area contributed by atoms with Gasteiger partial charge in [0.05, 0.1) is 0 Å². The van der Waals surface area contributed by atoms with E-state index in [2.05, 4.69) is 22.6 Å². The third kappa shape index (κ3) is 3.84. The molecule has 2 unspecified atom stereocenters. The van der Waals surface area contributed by atoms with Crippen LogP contribution >= 0.6 is 34.2 Å². The Balaban J connectivity index is 2.27. The highest BCUT2D eigenvalue weighted by atomic mass is 127. The summed E-state index contributed by atoms with van der Waals surface area (Å²) in [5.74, 6) is 0.794. The van der Waals surface area contributed by atoms with Crippen LogP contribution in [-0.2, 0) is 0 Å². The van der Waals surface area contributed by atoms with Crippen molar-refractivity contribution in [2.75, 3.05) is 0 Å². The molecule has 2 rings (SSSR count). The highest BCUT2D eigenvalue weighted by Gasteiger charge is 2.20. The molecule has 0 fully saturated rings. The summed E-state index contributed by atoms with van der Waals surface area (Å²) in [6.45, 7) is 1.92. The van der Waals surface area contributed by atoms with Crippen molar-refractivity contribution in [2.24, 2.45) is 5.73 Å². The van der Waals surface area contributed by atoms with Gasteiger partial charge in [0.1, 0.15) is 11.9 Å². The Morgan fingerprint density at radius 3 is 2.32 bits per heavy atom. The summed E-state index contributed by atoms with van der Waals surface area (Å²) in [4.78, 5) is 0.